The molecule has 0 fully saturated rings. The molecule has 218 valence electrons. The van der Waals surface area contributed by atoms with E-state index in [1.807, 2.05) is 6.92 Å². The molecule has 3 N–H and O–H groups in total. The Morgan fingerprint density at radius 3 is 1.95 bits per heavy atom. The Kier molecular flexibility index (Phi) is 15.9. The van der Waals surface area contributed by atoms with E-state index in [-0.39, 0.29) is 11.5 Å². The molecule has 0 saturated carbocycles. The summed E-state index contributed by atoms with van der Waals surface area (Å²) in [5, 5.41) is 16.5. The Morgan fingerprint density at radius 2 is 1.49 bits per heavy atom. The third kappa shape index (κ3) is 12.3. The maximum absolute atomic E-state index is 12.6. The number of hydrogen-bond donors (Lipinski definition) is 3. The molecule has 0 bridgehead atoms. The van der Waals surface area contributed by atoms with Crippen LogP contribution in [0.4, 0.5) is 4.79 Å². The van der Waals surface area contributed by atoms with Gasteiger partial charge in [-0.25, -0.2) is 4.79 Å². The average Bonchev–Trinajstić information content (AvgIpc) is 2.76. The van der Waals surface area contributed by atoms with Gasteiger partial charge in [0.25, 0.3) is 0 Å². The van der Waals surface area contributed by atoms with Crippen LogP contribution in [0, 0.1) is 5.92 Å². The van der Waals surface area contributed by atoms with E-state index < -0.39 is 32.2 Å². The van der Waals surface area contributed by atoms with Gasteiger partial charge in [0, 0.05) is 18.7 Å². The number of aliphatic hydroxyl groups is 1. The van der Waals surface area contributed by atoms with Gasteiger partial charge in [-0.05, 0) is 69.0 Å². The molecule has 0 aliphatic heterocycles. The van der Waals surface area contributed by atoms with Crippen molar-refractivity contribution in [2.45, 2.75) is 143 Å². The zero-order valence-corrected chi connectivity index (χ0v) is 26.7. The molecule has 37 heavy (non-hydrogen) atoms. The quantitative estimate of drug-likeness (QED) is 0.108. The molecule has 0 aromatic rings. The highest BCUT2D eigenvalue weighted by Gasteiger charge is 2.44. The van der Waals surface area contributed by atoms with E-state index >= 15 is 0 Å². The van der Waals surface area contributed by atoms with Crippen molar-refractivity contribution in [2.75, 3.05) is 13.2 Å². The maximum atomic E-state index is 12.6. The number of nitrogens with one attached hydrogen (secondary N) is 2. The first-order valence-electron chi connectivity index (χ1n) is 14.3. The molecule has 2 amide bonds. The summed E-state index contributed by atoms with van der Waals surface area (Å²) in [7, 11) is -1.90. The topological polar surface area (TPSA) is 96.9 Å². The number of carbonyl (C=O) groups excluding carboxylic acids is 2. The van der Waals surface area contributed by atoms with Crippen molar-refractivity contribution in [1.82, 2.24) is 10.6 Å². The second kappa shape index (κ2) is 16.6. The lowest BCUT2D eigenvalue weighted by Gasteiger charge is -2.42. The minimum atomic E-state index is -1.90. The van der Waals surface area contributed by atoms with E-state index in [2.05, 4.69) is 65.7 Å². The molecule has 3 atom stereocenters. The summed E-state index contributed by atoms with van der Waals surface area (Å²) in [5.41, 5.74) is 1.06. The monoisotopic (exact) mass is 542 g/mol. The standard InChI is InChI=1S/C29H58N2O5Si/c1-13-14-18-30-27(33)24(9)26(31-28(34)36-29(10,11)12)25(32)16-15-23(8)17-19-35-37(20(2)3,21(4)5)22(6)7/h20-23,25-26,32H,9,13-19H2,1-8,10-12H3,(H,30,33)(H,31,34)/t23-,25-,26-/m0/s1. The smallest absolute Gasteiger partial charge is 0.408 e. The molecule has 0 unspecified atom stereocenters. The van der Waals surface area contributed by atoms with Gasteiger partial charge in [-0.1, -0.05) is 68.4 Å². The van der Waals surface area contributed by atoms with Gasteiger partial charge in [0.05, 0.1) is 12.1 Å². The van der Waals surface area contributed by atoms with Gasteiger partial charge in [0.1, 0.15) is 5.60 Å². The molecule has 0 aliphatic carbocycles. The van der Waals surface area contributed by atoms with Crippen LogP contribution >= 0.6 is 0 Å². The number of unbranched alkanes of at least 4 members (excludes halogenated alkanes) is 1. The fraction of sp³-hybridized carbons (Fsp3) is 0.862. The van der Waals surface area contributed by atoms with E-state index in [4.69, 9.17) is 9.16 Å². The number of amides is 2. The first-order valence-corrected chi connectivity index (χ1v) is 16.4. The van der Waals surface area contributed by atoms with Gasteiger partial charge in [-0.2, -0.15) is 0 Å². The molecular formula is C29H58N2O5Si. The van der Waals surface area contributed by atoms with Crippen molar-refractivity contribution >= 4 is 20.3 Å². The van der Waals surface area contributed by atoms with Crippen LogP contribution in [0.1, 0.15) is 108 Å². The summed E-state index contributed by atoms with van der Waals surface area (Å²) in [5.74, 6) is -0.0472. The van der Waals surface area contributed by atoms with Crippen molar-refractivity contribution in [1.29, 1.82) is 0 Å². The Hall–Kier alpha value is -1.38. The van der Waals surface area contributed by atoms with Crippen LogP contribution in [0.2, 0.25) is 16.6 Å². The number of alkyl carbamates (subject to hydrolysis) is 1. The minimum Gasteiger partial charge on any atom is -0.444 e. The molecule has 0 rings (SSSR count). The van der Waals surface area contributed by atoms with Crippen LogP contribution in [0.5, 0.6) is 0 Å². The van der Waals surface area contributed by atoms with E-state index in [9.17, 15) is 14.7 Å². The maximum Gasteiger partial charge on any atom is 0.408 e. The average molecular weight is 543 g/mol. The molecular weight excluding hydrogens is 484 g/mol. The van der Waals surface area contributed by atoms with Gasteiger partial charge in [-0.3, -0.25) is 4.79 Å². The molecule has 0 spiro atoms. The molecule has 0 heterocycles. The largest absolute Gasteiger partial charge is 0.444 e. The Bertz CT molecular complexity index is 681. The predicted molar refractivity (Wildman–Crippen MR) is 156 cm³/mol. The molecule has 0 radical (unpaired) electrons. The van der Waals surface area contributed by atoms with Crippen molar-refractivity contribution in [3.63, 3.8) is 0 Å². The zero-order chi connectivity index (χ0) is 29.0. The van der Waals surface area contributed by atoms with E-state index in [0.717, 1.165) is 25.7 Å². The highest BCUT2D eigenvalue weighted by molar-refractivity contribution is 6.77. The Balaban J connectivity index is 5.20. The van der Waals surface area contributed by atoms with Crippen molar-refractivity contribution in [2.24, 2.45) is 5.92 Å². The van der Waals surface area contributed by atoms with E-state index in [0.29, 0.717) is 42.1 Å². The Labute approximate surface area is 228 Å². The zero-order valence-electron chi connectivity index (χ0n) is 25.7. The summed E-state index contributed by atoms with van der Waals surface area (Å²) in [6.45, 7) is 28.4. The number of carbonyl (C=O) groups is 2. The van der Waals surface area contributed by atoms with Crippen LogP contribution in [-0.4, -0.2) is 56.3 Å². The van der Waals surface area contributed by atoms with Crippen LogP contribution in [0.25, 0.3) is 0 Å². The molecule has 0 aromatic heterocycles. The van der Waals surface area contributed by atoms with Crippen LogP contribution in [0.3, 0.4) is 0 Å². The van der Waals surface area contributed by atoms with Gasteiger partial charge in [0.2, 0.25) is 5.91 Å². The lowest BCUT2D eigenvalue weighted by molar-refractivity contribution is -0.118. The van der Waals surface area contributed by atoms with Crippen LogP contribution in [-0.2, 0) is 14.0 Å². The van der Waals surface area contributed by atoms with Crippen molar-refractivity contribution in [3.05, 3.63) is 12.2 Å². The third-order valence-electron chi connectivity index (χ3n) is 7.17. The summed E-state index contributed by atoms with van der Waals surface area (Å²) >= 11 is 0. The van der Waals surface area contributed by atoms with Crippen LogP contribution < -0.4 is 10.6 Å². The van der Waals surface area contributed by atoms with Gasteiger partial charge in [0.15, 0.2) is 8.32 Å². The summed E-state index contributed by atoms with van der Waals surface area (Å²) < 4.78 is 12.1. The summed E-state index contributed by atoms with van der Waals surface area (Å²) in [6.07, 6.45) is 2.21. The second-order valence-corrected chi connectivity index (χ2v) is 17.9. The number of hydrogen-bond acceptors (Lipinski definition) is 5. The molecule has 7 nitrogen and oxygen atoms in total. The van der Waals surface area contributed by atoms with Crippen molar-refractivity contribution < 1.29 is 23.9 Å². The fourth-order valence-corrected chi connectivity index (χ4v) is 10.7. The summed E-state index contributed by atoms with van der Waals surface area (Å²) in [6, 6.07) is -0.928. The first kappa shape index (κ1) is 35.6. The van der Waals surface area contributed by atoms with Gasteiger partial charge < -0.3 is 24.9 Å². The molecule has 0 aliphatic rings. The van der Waals surface area contributed by atoms with E-state index in [1.54, 1.807) is 20.8 Å². The second-order valence-electron chi connectivity index (χ2n) is 12.5. The lowest BCUT2D eigenvalue weighted by atomic mass is 9.93. The third-order valence-corrected chi connectivity index (χ3v) is 13.3. The predicted octanol–water partition coefficient (Wildman–Crippen LogP) is 6.71. The number of aliphatic hydroxyl groups excluding tert-OH is 1. The van der Waals surface area contributed by atoms with Gasteiger partial charge in [-0.15, -0.1) is 0 Å². The normalized spacial score (nSPS) is 15.0. The van der Waals surface area contributed by atoms with Crippen molar-refractivity contribution in [3.8, 4) is 0 Å². The minimum absolute atomic E-state index is 0.132. The molecule has 0 saturated heterocycles. The molecule has 8 heteroatoms. The molecule has 0 aromatic carbocycles. The lowest BCUT2D eigenvalue weighted by Crippen LogP contribution is -2.49. The van der Waals surface area contributed by atoms with Gasteiger partial charge >= 0.3 is 6.09 Å². The highest BCUT2D eigenvalue weighted by atomic mass is 28.4. The Morgan fingerprint density at radius 1 is 0.946 bits per heavy atom. The van der Waals surface area contributed by atoms with E-state index in [1.165, 1.54) is 0 Å². The summed E-state index contributed by atoms with van der Waals surface area (Å²) in [4.78, 5) is 25.1. The highest BCUT2D eigenvalue weighted by Crippen LogP contribution is 2.42. The van der Waals surface area contributed by atoms with Crippen LogP contribution in [0.15, 0.2) is 12.2 Å². The fourth-order valence-electron chi connectivity index (χ4n) is 5.19. The first-order chi connectivity index (χ1) is 17.0. The number of ether oxygens (including phenoxy) is 1. The number of rotatable bonds is 17. The SMILES string of the molecule is C=C(C(=O)NCCCC)[C@H](NC(=O)OC(C)(C)C)[C@@H](O)CC[C@H](C)CCO[Si](C(C)C)(C(C)C)C(C)C.